The molecule has 0 atom stereocenters. The summed E-state index contributed by atoms with van der Waals surface area (Å²) in [6, 6.07) is 7.85. The average molecular weight is 272 g/mol. The first-order valence-electron chi connectivity index (χ1n) is 7.13. The van der Waals surface area contributed by atoms with E-state index in [4.69, 9.17) is 5.73 Å². The van der Waals surface area contributed by atoms with Crippen molar-refractivity contribution in [2.45, 2.75) is 6.42 Å². The number of rotatable bonds is 3. The lowest BCUT2D eigenvalue weighted by Gasteiger charge is -2.21. The van der Waals surface area contributed by atoms with Gasteiger partial charge in [-0.05, 0) is 25.1 Å². The van der Waals surface area contributed by atoms with E-state index in [9.17, 15) is 0 Å². The molecule has 0 amide bonds. The molecule has 6 nitrogen and oxygen atoms in total. The number of nitrogens with zero attached hydrogens (tertiary/aromatic N) is 5. The van der Waals surface area contributed by atoms with Crippen LogP contribution in [0.15, 0.2) is 24.3 Å². The summed E-state index contributed by atoms with van der Waals surface area (Å²) in [4.78, 5) is 9.24. The molecule has 0 unspecified atom stereocenters. The van der Waals surface area contributed by atoms with Crippen molar-refractivity contribution in [2.24, 2.45) is 5.73 Å². The fourth-order valence-corrected chi connectivity index (χ4v) is 2.58. The molecule has 0 aliphatic carbocycles. The maximum atomic E-state index is 5.63. The molecule has 1 saturated heterocycles. The number of benzene rings is 1. The molecule has 1 aliphatic heterocycles. The zero-order valence-corrected chi connectivity index (χ0v) is 11.6. The zero-order chi connectivity index (χ0) is 13.8. The van der Waals surface area contributed by atoms with Crippen LogP contribution in [0.2, 0.25) is 0 Å². The Balaban J connectivity index is 1.77. The second kappa shape index (κ2) is 6.11. The second-order valence-electron chi connectivity index (χ2n) is 5.07. The number of aromatic nitrogens is 3. The van der Waals surface area contributed by atoms with Gasteiger partial charge in [0, 0.05) is 32.7 Å². The Kier molecular flexibility index (Phi) is 4.03. The Morgan fingerprint density at radius 3 is 2.70 bits per heavy atom. The molecule has 0 saturated carbocycles. The molecule has 106 valence electrons. The minimum absolute atomic E-state index is 0.716. The largest absolute Gasteiger partial charge is 0.338 e. The molecule has 0 radical (unpaired) electrons. The van der Waals surface area contributed by atoms with Gasteiger partial charge < -0.3 is 15.5 Å². The van der Waals surface area contributed by atoms with Crippen LogP contribution in [0, 0.1) is 0 Å². The highest BCUT2D eigenvalue weighted by molar-refractivity contribution is 5.74. The lowest BCUT2D eigenvalue weighted by molar-refractivity contribution is 0.302. The molecule has 3 rings (SSSR count). The zero-order valence-electron chi connectivity index (χ0n) is 11.6. The van der Waals surface area contributed by atoms with Crippen molar-refractivity contribution in [1.82, 2.24) is 20.1 Å². The molecule has 20 heavy (non-hydrogen) atoms. The van der Waals surface area contributed by atoms with Gasteiger partial charge in [0.15, 0.2) is 0 Å². The Bertz CT molecular complexity index is 572. The average Bonchev–Trinajstić information content (AvgIpc) is 2.73. The third-order valence-corrected chi connectivity index (χ3v) is 3.67. The summed E-state index contributed by atoms with van der Waals surface area (Å²) in [7, 11) is 0. The molecule has 1 fully saturated rings. The van der Waals surface area contributed by atoms with Crippen molar-refractivity contribution in [1.29, 1.82) is 0 Å². The molecule has 2 aromatic rings. The van der Waals surface area contributed by atoms with Crippen molar-refractivity contribution < 1.29 is 0 Å². The monoisotopic (exact) mass is 272 g/mol. The molecule has 2 heterocycles. The van der Waals surface area contributed by atoms with Crippen LogP contribution in [0.4, 0.5) is 5.95 Å². The van der Waals surface area contributed by atoms with E-state index in [0.717, 1.165) is 56.1 Å². The normalized spacial score (nSPS) is 17.4. The summed E-state index contributed by atoms with van der Waals surface area (Å²) in [5.41, 5.74) is 7.38. The standard InChI is InChI=1S/C14H20N6/c15-6-9-19-7-3-8-20(11-10-19)14-16-12-4-1-2-5-13(12)17-18-14/h1-2,4-5H,3,6-11,15H2. The Labute approximate surface area is 118 Å². The number of fused-ring (bicyclic) bond motifs is 1. The van der Waals surface area contributed by atoms with Gasteiger partial charge in [0.05, 0.1) is 5.52 Å². The van der Waals surface area contributed by atoms with Crippen molar-refractivity contribution in [3.05, 3.63) is 24.3 Å². The lowest BCUT2D eigenvalue weighted by Crippen LogP contribution is -2.34. The summed E-state index contributed by atoms with van der Waals surface area (Å²) in [5, 5.41) is 8.52. The van der Waals surface area contributed by atoms with Crippen LogP contribution in [0.3, 0.4) is 0 Å². The Morgan fingerprint density at radius 1 is 1.00 bits per heavy atom. The molecule has 1 aliphatic rings. The first-order valence-corrected chi connectivity index (χ1v) is 7.13. The van der Waals surface area contributed by atoms with Crippen molar-refractivity contribution >= 4 is 17.0 Å². The van der Waals surface area contributed by atoms with E-state index in [0.29, 0.717) is 6.54 Å². The van der Waals surface area contributed by atoms with Crippen LogP contribution in [0.1, 0.15) is 6.42 Å². The van der Waals surface area contributed by atoms with E-state index in [1.807, 2.05) is 24.3 Å². The first kappa shape index (κ1) is 13.2. The number of hydrogen-bond donors (Lipinski definition) is 1. The van der Waals surface area contributed by atoms with Crippen LogP contribution in [-0.2, 0) is 0 Å². The summed E-state index contributed by atoms with van der Waals surface area (Å²) < 4.78 is 0. The van der Waals surface area contributed by atoms with E-state index < -0.39 is 0 Å². The van der Waals surface area contributed by atoms with E-state index in [1.165, 1.54) is 0 Å². The van der Waals surface area contributed by atoms with Crippen LogP contribution in [0.25, 0.3) is 11.0 Å². The van der Waals surface area contributed by atoms with Crippen molar-refractivity contribution in [3.63, 3.8) is 0 Å². The summed E-state index contributed by atoms with van der Waals surface area (Å²) in [5.74, 6) is 0.735. The Hall–Kier alpha value is -1.79. The van der Waals surface area contributed by atoms with E-state index >= 15 is 0 Å². The molecule has 1 aromatic carbocycles. The molecule has 0 bridgehead atoms. The Morgan fingerprint density at radius 2 is 1.85 bits per heavy atom. The number of anilines is 1. The van der Waals surface area contributed by atoms with Crippen LogP contribution in [-0.4, -0.2) is 59.3 Å². The van der Waals surface area contributed by atoms with E-state index in [2.05, 4.69) is 25.0 Å². The minimum atomic E-state index is 0.716. The van der Waals surface area contributed by atoms with Gasteiger partial charge in [0.1, 0.15) is 5.52 Å². The SMILES string of the molecule is NCCN1CCCN(c2nnc3ccccc3n2)CC1. The van der Waals surface area contributed by atoms with Crippen LogP contribution in [0.5, 0.6) is 0 Å². The molecule has 1 aromatic heterocycles. The third kappa shape index (κ3) is 2.86. The highest BCUT2D eigenvalue weighted by Gasteiger charge is 2.17. The molecular weight excluding hydrogens is 252 g/mol. The molecular formula is C14H20N6. The van der Waals surface area contributed by atoms with Gasteiger partial charge in [-0.1, -0.05) is 12.1 Å². The predicted molar refractivity (Wildman–Crippen MR) is 79.7 cm³/mol. The summed E-state index contributed by atoms with van der Waals surface area (Å²) in [6.45, 7) is 5.68. The van der Waals surface area contributed by atoms with Gasteiger partial charge >= 0.3 is 0 Å². The number of nitrogens with two attached hydrogens (primary N) is 1. The maximum absolute atomic E-state index is 5.63. The minimum Gasteiger partial charge on any atom is -0.338 e. The van der Waals surface area contributed by atoms with Gasteiger partial charge in [-0.3, -0.25) is 0 Å². The lowest BCUT2D eigenvalue weighted by atomic mass is 10.3. The van der Waals surface area contributed by atoms with E-state index in [1.54, 1.807) is 0 Å². The summed E-state index contributed by atoms with van der Waals surface area (Å²) in [6.07, 6.45) is 1.11. The highest BCUT2D eigenvalue weighted by Crippen LogP contribution is 2.14. The number of hydrogen-bond acceptors (Lipinski definition) is 6. The van der Waals surface area contributed by atoms with Gasteiger partial charge in [0.25, 0.3) is 0 Å². The quantitative estimate of drug-likeness (QED) is 0.877. The van der Waals surface area contributed by atoms with Crippen LogP contribution >= 0.6 is 0 Å². The molecule has 2 N–H and O–H groups in total. The van der Waals surface area contributed by atoms with Gasteiger partial charge in [0.2, 0.25) is 5.95 Å². The smallest absolute Gasteiger partial charge is 0.245 e. The first-order chi connectivity index (χ1) is 9.86. The van der Waals surface area contributed by atoms with E-state index in [-0.39, 0.29) is 0 Å². The third-order valence-electron chi connectivity index (χ3n) is 3.67. The van der Waals surface area contributed by atoms with Crippen molar-refractivity contribution in [3.8, 4) is 0 Å². The highest BCUT2D eigenvalue weighted by atomic mass is 15.3. The summed E-state index contributed by atoms with van der Waals surface area (Å²) >= 11 is 0. The fraction of sp³-hybridized carbons (Fsp3) is 0.500. The number of para-hydroxylation sites is 1. The maximum Gasteiger partial charge on any atom is 0.245 e. The van der Waals surface area contributed by atoms with Crippen molar-refractivity contribution in [2.75, 3.05) is 44.2 Å². The topological polar surface area (TPSA) is 71.2 Å². The van der Waals surface area contributed by atoms with Gasteiger partial charge in [-0.15, -0.1) is 10.2 Å². The van der Waals surface area contributed by atoms with Gasteiger partial charge in [-0.25, -0.2) is 4.98 Å². The predicted octanol–water partition coefficient (Wildman–Crippen LogP) is 0.496. The fourth-order valence-electron chi connectivity index (χ4n) is 2.58. The molecule has 6 heteroatoms. The molecule has 0 spiro atoms. The van der Waals surface area contributed by atoms with Gasteiger partial charge in [-0.2, -0.15) is 0 Å². The second-order valence-corrected chi connectivity index (χ2v) is 5.07. The van der Waals surface area contributed by atoms with Crippen LogP contribution < -0.4 is 10.6 Å².